The maximum Gasteiger partial charge on any atom is 0.141 e. The first kappa shape index (κ1) is 26.4. The van der Waals surface area contributed by atoms with Crippen LogP contribution in [0.2, 0.25) is 10.0 Å². The second-order valence-corrected chi connectivity index (χ2v) is 11.4. The predicted molar refractivity (Wildman–Crippen MR) is 161 cm³/mol. The van der Waals surface area contributed by atoms with E-state index >= 15 is 0 Å². The summed E-state index contributed by atoms with van der Waals surface area (Å²) in [4.78, 5) is 11.5. The highest BCUT2D eigenvalue weighted by Crippen LogP contribution is 2.60. The van der Waals surface area contributed by atoms with Gasteiger partial charge in [-0.2, -0.15) is 10.5 Å². The number of amidine groups is 1. The quantitative estimate of drug-likeness (QED) is 0.341. The first-order valence-electron chi connectivity index (χ1n) is 12.7. The first-order chi connectivity index (χ1) is 19.4. The van der Waals surface area contributed by atoms with Crippen molar-refractivity contribution >= 4 is 57.6 Å². The molecule has 7 nitrogen and oxygen atoms in total. The van der Waals surface area contributed by atoms with Crippen LogP contribution in [0.3, 0.4) is 0 Å². The van der Waals surface area contributed by atoms with Crippen molar-refractivity contribution in [3.63, 3.8) is 0 Å². The normalized spacial score (nSPS) is 25.4. The molecule has 0 aliphatic carbocycles. The molecule has 10 heteroatoms. The van der Waals surface area contributed by atoms with Gasteiger partial charge in [0.2, 0.25) is 0 Å². The summed E-state index contributed by atoms with van der Waals surface area (Å²) in [5, 5.41) is 23.4. The molecule has 3 unspecified atom stereocenters. The highest BCUT2D eigenvalue weighted by atomic mass is 35.5. The third-order valence-corrected chi connectivity index (χ3v) is 9.17. The summed E-state index contributed by atoms with van der Waals surface area (Å²) in [5.41, 5.74) is 0.120. The number of piperidine rings is 2. The summed E-state index contributed by atoms with van der Waals surface area (Å²) >= 11 is 18.5. The fraction of sp³-hybridized carbons (Fsp3) is 0.267. The molecular formula is C30H24Cl2N6OS. The zero-order chi connectivity index (χ0) is 28.1. The fourth-order valence-electron chi connectivity index (χ4n) is 6.34. The van der Waals surface area contributed by atoms with Crippen molar-refractivity contribution in [2.45, 2.75) is 5.92 Å². The molecular weight excluding hydrogens is 563 g/mol. The van der Waals surface area contributed by atoms with Crippen molar-refractivity contribution in [2.24, 2.45) is 15.8 Å². The maximum absolute atomic E-state index is 11.1. The Kier molecular flexibility index (Phi) is 6.59. The molecule has 3 atom stereocenters. The number of para-hydroxylation sites is 1. The SMILES string of the molecule is COc1ccccc1C1C2(C#N)CN(c3ccc(Cl)cc3)CC1(C#N)C1=NCN(c3ccc(Cl)cc3)CN1C2=S. The summed E-state index contributed by atoms with van der Waals surface area (Å²) in [7, 11) is 1.60. The van der Waals surface area contributed by atoms with E-state index in [1.165, 1.54) is 0 Å². The minimum atomic E-state index is -1.24. The summed E-state index contributed by atoms with van der Waals surface area (Å²) < 4.78 is 5.76. The number of benzene rings is 3. The minimum absolute atomic E-state index is 0.292. The Morgan fingerprint density at radius 3 is 2.05 bits per heavy atom. The van der Waals surface area contributed by atoms with Gasteiger partial charge in [0.25, 0.3) is 0 Å². The van der Waals surface area contributed by atoms with Crippen molar-refractivity contribution in [2.75, 3.05) is 43.3 Å². The number of hydrogen-bond acceptors (Lipinski definition) is 7. The van der Waals surface area contributed by atoms with Gasteiger partial charge in [-0.1, -0.05) is 53.6 Å². The van der Waals surface area contributed by atoms with Gasteiger partial charge in [-0.25, -0.2) is 4.99 Å². The van der Waals surface area contributed by atoms with E-state index in [4.69, 9.17) is 45.1 Å². The van der Waals surface area contributed by atoms with Crippen LogP contribution >= 0.6 is 35.4 Å². The average molecular weight is 588 g/mol. The van der Waals surface area contributed by atoms with Crippen LogP contribution in [0.25, 0.3) is 0 Å². The van der Waals surface area contributed by atoms with Crippen LogP contribution in [0.5, 0.6) is 5.75 Å². The van der Waals surface area contributed by atoms with E-state index in [0.29, 0.717) is 53.0 Å². The van der Waals surface area contributed by atoms with Crippen LogP contribution < -0.4 is 14.5 Å². The highest BCUT2D eigenvalue weighted by Gasteiger charge is 2.68. The van der Waals surface area contributed by atoms with E-state index in [0.717, 1.165) is 16.9 Å². The van der Waals surface area contributed by atoms with Gasteiger partial charge in [0.15, 0.2) is 0 Å². The van der Waals surface area contributed by atoms with Crippen molar-refractivity contribution in [3.05, 3.63) is 88.4 Å². The molecule has 3 aliphatic rings. The van der Waals surface area contributed by atoms with Crippen LogP contribution in [0.15, 0.2) is 77.8 Å². The van der Waals surface area contributed by atoms with Gasteiger partial charge in [-0.3, -0.25) is 0 Å². The smallest absolute Gasteiger partial charge is 0.141 e. The molecule has 3 heterocycles. The van der Waals surface area contributed by atoms with Crippen LogP contribution in [-0.2, 0) is 0 Å². The molecule has 2 bridgehead atoms. The Morgan fingerprint density at radius 1 is 0.875 bits per heavy atom. The lowest BCUT2D eigenvalue weighted by Gasteiger charge is -2.61. The van der Waals surface area contributed by atoms with Gasteiger partial charge < -0.3 is 19.4 Å². The Bertz CT molecular complexity index is 1600. The molecule has 3 aromatic carbocycles. The molecule has 3 aliphatic heterocycles. The van der Waals surface area contributed by atoms with E-state index in [1.54, 1.807) is 7.11 Å². The van der Waals surface area contributed by atoms with Gasteiger partial charge in [0.1, 0.15) is 34.1 Å². The Labute approximate surface area is 248 Å². The largest absolute Gasteiger partial charge is 0.496 e. The van der Waals surface area contributed by atoms with Crippen LogP contribution in [0.4, 0.5) is 11.4 Å². The number of halogens is 2. The molecule has 0 aromatic heterocycles. The topological polar surface area (TPSA) is 78.9 Å². The number of hydrogen-bond donors (Lipinski definition) is 0. The van der Waals surface area contributed by atoms with Crippen molar-refractivity contribution in [1.29, 1.82) is 10.5 Å². The van der Waals surface area contributed by atoms with E-state index in [1.807, 2.05) is 77.7 Å². The number of nitrogens with zero attached hydrogens (tertiary/aromatic N) is 6. The molecule has 200 valence electrons. The number of thiocarbonyl (C=S) groups is 1. The molecule has 40 heavy (non-hydrogen) atoms. The van der Waals surface area contributed by atoms with Crippen LogP contribution in [0.1, 0.15) is 11.5 Å². The molecule has 0 spiro atoms. The Morgan fingerprint density at radius 2 is 1.45 bits per heavy atom. The lowest BCUT2D eigenvalue weighted by molar-refractivity contribution is 0.202. The number of methoxy groups -OCH3 is 1. The standard InChI is InChI=1S/C30H24Cl2N6OS/c1-39-25-5-3-2-4-24(25)26-29(14-33)16-36(22-10-6-20(31)7-11-22)17-30(26,15-34)28(40)38-19-37(18-35-27(29)38)23-12-8-21(32)9-13-23/h2-13,26H,16-19H2,1H3. The van der Waals surface area contributed by atoms with Gasteiger partial charge in [-0.15, -0.1) is 0 Å². The number of anilines is 2. The van der Waals surface area contributed by atoms with Crippen molar-refractivity contribution < 1.29 is 4.74 Å². The molecule has 0 amide bonds. The maximum atomic E-state index is 11.1. The third kappa shape index (κ3) is 3.90. The highest BCUT2D eigenvalue weighted by molar-refractivity contribution is 7.80. The van der Waals surface area contributed by atoms with E-state index < -0.39 is 16.7 Å². The van der Waals surface area contributed by atoms with Gasteiger partial charge in [0.05, 0.1) is 25.9 Å². The summed E-state index contributed by atoms with van der Waals surface area (Å²) in [6.45, 7) is 1.31. The number of fused-ring (bicyclic) bond motifs is 4. The zero-order valence-corrected chi connectivity index (χ0v) is 23.9. The van der Waals surface area contributed by atoms with E-state index in [-0.39, 0.29) is 0 Å². The minimum Gasteiger partial charge on any atom is -0.496 e. The number of nitriles is 2. The summed E-state index contributed by atoms with van der Waals surface area (Å²) in [6.07, 6.45) is 0. The van der Waals surface area contributed by atoms with Crippen molar-refractivity contribution in [1.82, 2.24) is 4.90 Å². The van der Waals surface area contributed by atoms with E-state index in [9.17, 15) is 10.5 Å². The molecule has 0 saturated carbocycles. The number of ether oxygens (including phenoxy) is 1. The lowest BCUT2D eigenvalue weighted by Crippen LogP contribution is -2.73. The molecule has 2 fully saturated rings. The van der Waals surface area contributed by atoms with Gasteiger partial charge >= 0.3 is 0 Å². The average Bonchev–Trinajstić information content (AvgIpc) is 3.00. The fourth-order valence-corrected chi connectivity index (χ4v) is 6.96. The predicted octanol–water partition coefficient (Wildman–Crippen LogP) is 6.10. The molecule has 6 rings (SSSR count). The first-order valence-corrected chi connectivity index (χ1v) is 13.9. The summed E-state index contributed by atoms with van der Waals surface area (Å²) in [5.74, 6) is 0.590. The van der Waals surface area contributed by atoms with Gasteiger partial charge in [0, 0.05) is 46.0 Å². The van der Waals surface area contributed by atoms with Crippen molar-refractivity contribution in [3.8, 4) is 17.9 Å². The van der Waals surface area contributed by atoms with Gasteiger partial charge in [-0.05, 0) is 54.6 Å². The molecule has 0 N–H and O–H groups in total. The zero-order valence-electron chi connectivity index (χ0n) is 21.6. The second-order valence-electron chi connectivity index (χ2n) is 10.2. The van der Waals surface area contributed by atoms with Crippen LogP contribution in [0, 0.1) is 33.5 Å². The summed E-state index contributed by atoms with van der Waals surface area (Å²) in [6, 6.07) is 27.8. The molecule has 2 saturated heterocycles. The second kappa shape index (κ2) is 9.98. The molecule has 3 aromatic rings. The molecule has 0 radical (unpaired) electrons. The van der Waals surface area contributed by atoms with Crippen LogP contribution in [-0.4, -0.2) is 49.3 Å². The lowest BCUT2D eigenvalue weighted by atomic mass is 9.53. The Balaban J connectivity index is 1.56. The monoisotopic (exact) mass is 586 g/mol. The van der Waals surface area contributed by atoms with E-state index in [2.05, 4.69) is 21.9 Å². The number of rotatable bonds is 4. The Hall–Kier alpha value is -3.82. The third-order valence-electron chi connectivity index (χ3n) is 8.08. The number of aliphatic imine (C=N–C) groups is 1.